The lowest BCUT2D eigenvalue weighted by Crippen LogP contribution is -2.10. The molecule has 4 nitrogen and oxygen atoms in total. The Kier molecular flexibility index (Phi) is 6.53. The van der Waals surface area contributed by atoms with Crippen molar-refractivity contribution in [2.45, 2.75) is 52.4 Å². The minimum atomic E-state index is -0.352. The normalized spacial score (nSPS) is 13.3. The standard InChI is InChI=1S/C38H36N2O2/c1-37(2,3)29-19-15-25(16-20-29)23-7-11-27(12-8-23)33-31-32(36(42)39-33)34(40-35(31)41)28-13-9-24(10-14-28)26-17-21-30(22-18-26)38(4,5)6/h7-22,39,42H,1-6H3. The summed E-state index contributed by atoms with van der Waals surface area (Å²) < 4.78 is 0. The molecule has 0 fully saturated rings. The van der Waals surface area contributed by atoms with E-state index in [0.29, 0.717) is 22.5 Å². The number of aliphatic imine (C=N–C) groups is 1. The van der Waals surface area contributed by atoms with Gasteiger partial charge in [-0.05, 0) is 49.8 Å². The van der Waals surface area contributed by atoms with E-state index in [1.807, 2.05) is 48.5 Å². The molecule has 1 aliphatic rings. The number of carbonyl (C=O) groups excluding carboxylic acids is 1. The molecular formula is C38H36N2O2. The number of rotatable bonds is 4. The van der Waals surface area contributed by atoms with Crippen LogP contribution in [-0.2, 0) is 10.8 Å². The second kappa shape index (κ2) is 9.99. The summed E-state index contributed by atoms with van der Waals surface area (Å²) in [5.41, 5.74) is 10.7. The molecule has 0 atom stereocenters. The highest BCUT2D eigenvalue weighted by atomic mass is 16.3. The van der Waals surface area contributed by atoms with Gasteiger partial charge in [0.05, 0.1) is 22.5 Å². The van der Waals surface area contributed by atoms with E-state index in [-0.39, 0.29) is 22.6 Å². The first-order valence-corrected chi connectivity index (χ1v) is 14.4. The van der Waals surface area contributed by atoms with Crippen molar-refractivity contribution in [3.8, 4) is 39.4 Å². The number of hydrogen-bond acceptors (Lipinski definition) is 2. The number of aromatic nitrogens is 1. The van der Waals surface area contributed by atoms with Crippen LogP contribution in [0.5, 0.6) is 5.88 Å². The predicted octanol–water partition coefficient (Wildman–Crippen LogP) is 9.31. The minimum absolute atomic E-state index is 0.0479. The van der Waals surface area contributed by atoms with Gasteiger partial charge in [-0.25, -0.2) is 4.99 Å². The van der Waals surface area contributed by atoms with E-state index in [1.165, 1.54) is 11.1 Å². The Hall–Kier alpha value is -4.70. The molecule has 2 N–H and O–H groups in total. The molecule has 210 valence electrons. The van der Waals surface area contributed by atoms with Gasteiger partial charge in [0.25, 0.3) is 5.91 Å². The Morgan fingerprint density at radius 3 is 1.29 bits per heavy atom. The van der Waals surface area contributed by atoms with Crippen molar-refractivity contribution in [1.82, 2.24) is 4.98 Å². The number of H-pyrrole nitrogens is 1. The summed E-state index contributed by atoms with van der Waals surface area (Å²) in [4.78, 5) is 20.6. The maximum atomic E-state index is 13.1. The van der Waals surface area contributed by atoms with Crippen LogP contribution in [0, 0.1) is 0 Å². The van der Waals surface area contributed by atoms with E-state index in [2.05, 4.69) is 100 Å². The lowest BCUT2D eigenvalue weighted by Gasteiger charge is -2.19. The van der Waals surface area contributed by atoms with Gasteiger partial charge in [-0.2, -0.15) is 0 Å². The van der Waals surface area contributed by atoms with Gasteiger partial charge in [0.1, 0.15) is 0 Å². The molecular weight excluding hydrogens is 516 g/mol. The molecule has 1 aromatic heterocycles. The number of amides is 1. The van der Waals surface area contributed by atoms with E-state index in [4.69, 9.17) is 0 Å². The van der Waals surface area contributed by atoms with E-state index >= 15 is 0 Å². The summed E-state index contributed by atoms with van der Waals surface area (Å²) in [6.07, 6.45) is 0. The van der Waals surface area contributed by atoms with Crippen molar-refractivity contribution in [3.63, 3.8) is 0 Å². The fourth-order valence-corrected chi connectivity index (χ4v) is 5.55. The van der Waals surface area contributed by atoms with Crippen LogP contribution in [0.25, 0.3) is 33.5 Å². The molecule has 0 bridgehead atoms. The number of carbonyl (C=O) groups is 1. The molecule has 6 rings (SSSR count). The van der Waals surface area contributed by atoms with Crippen LogP contribution in [0.4, 0.5) is 0 Å². The second-order valence-corrected chi connectivity index (χ2v) is 13.2. The highest BCUT2D eigenvalue weighted by molar-refractivity contribution is 6.30. The van der Waals surface area contributed by atoms with Gasteiger partial charge in [0.2, 0.25) is 0 Å². The maximum Gasteiger partial charge on any atom is 0.280 e. The molecule has 42 heavy (non-hydrogen) atoms. The number of benzene rings is 4. The fourth-order valence-electron chi connectivity index (χ4n) is 5.55. The van der Waals surface area contributed by atoms with E-state index in [0.717, 1.165) is 33.4 Å². The minimum Gasteiger partial charge on any atom is -0.494 e. The Morgan fingerprint density at radius 2 is 0.881 bits per heavy atom. The van der Waals surface area contributed by atoms with Crippen LogP contribution in [0.15, 0.2) is 102 Å². The monoisotopic (exact) mass is 552 g/mol. The molecule has 0 saturated carbocycles. The Labute approximate surface area is 247 Å². The van der Waals surface area contributed by atoms with Gasteiger partial charge in [-0.3, -0.25) is 4.79 Å². The van der Waals surface area contributed by atoms with Crippen molar-refractivity contribution >= 4 is 11.6 Å². The number of nitrogens with zero attached hydrogens (tertiary/aromatic N) is 1. The average molecular weight is 553 g/mol. The van der Waals surface area contributed by atoms with E-state index in [1.54, 1.807) is 0 Å². The third kappa shape index (κ3) is 4.98. The molecule has 4 aromatic carbocycles. The van der Waals surface area contributed by atoms with E-state index in [9.17, 15) is 9.90 Å². The van der Waals surface area contributed by atoms with Gasteiger partial charge in [0, 0.05) is 5.56 Å². The lowest BCUT2D eigenvalue weighted by atomic mass is 9.86. The Morgan fingerprint density at radius 1 is 0.524 bits per heavy atom. The predicted molar refractivity (Wildman–Crippen MR) is 173 cm³/mol. The quantitative estimate of drug-likeness (QED) is 0.233. The molecule has 0 radical (unpaired) electrons. The average Bonchev–Trinajstić information content (AvgIpc) is 3.50. The van der Waals surface area contributed by atoms with Crippen LogP contribution in [-0.4, -0.2) is 21.7 Å². The topological polar surface area (TPSA) is 65.5 Å². The zero-order valence-corrected chi connectivity index (χ0v) is 25.0. The smallest absolute Gasteiger partial charge is 0.280 e. The molecule has 0 spiro atoms. The van der Waals surface area contributed by atoms with Gasteiger partial charge < -0.3 is 10.1 Å². The molecule has 0 saturated heterocycles. The molecule has 0 unspecified atom stereocenters. The zero-order valence-electron chi connectivity index (χ0n) is 25.0. The Balaban J connectivity index is 1.26. The molecule has 1 aliphatic heterocycles. The number of hydrogen-bond donors (Lipinski definition) is 2. The van der Waals surface area contributed by atoms with Crippen LogP contribution in [0.2, 0.25) is 0 Å². The zero-order chi connectivity index (χ0) is 29.8. The van der Waals surface area contributed by atoms with E-state index < -0.39 is 0 Å². The lowest BCUT2D eigenvalue weighted by molar-refractivity contribution is 0.101. The highest BCUT2D eigenvalue weighted by Crippen LogP contribution is 2.39. The second-order valence-electron chi connectivity index (χ2n) is 13.2. The highest BCUT2D eigenvalue weighted by Gasteiger charge is 2.33. The fraction of sp³-hybridized carbons (Fsp3) is 0.211. The summed E-state index contributed by atoms with van der Waals surface area (Å²) in [6, 6.07) is 33.3. The first kappa shape index (κ1) is 27.5. The Bertz CT molecular complexity index is 1810. The molecule has 0 aliphatic carbocycles. The maximum absolute atomic E-state index is 13.1. The van der Waals surface area contributed by atoms with Crippen LogP contribution in [0.1, 0.15) is 74.2 Å². The van der Waals surface area contributed by atoms with Crippen molar-refractivity contribution in [3.05, 3.63) is 125 Å². The van der Waals surface area contributed by atoms with Gasteiger partial charge in [-0.1, -0.05) is 139 Å². The van der Waals surface area contributed by atoms with Crippen molar-refractivity contribution in [1.29, 1.82) is 0 Å². The van der Waals surface area contributed by atoms with Crippen molar-refractivity contribution in [2.24, 2.45) is 4.99 Å². The van der Waals surface area contributed by atoms with Crippen LogP contribution >= 0.6 is 0 Å². The third-order valence-electron chi connectivity index (χ3n) is 8.14. The van der Waals surface area contributed by atoms with Gasteiger partial charge in [-0.15, -0.1) is 0 Å². The number of fused-ring (bicyclic) bond motifs is 1. The summed E-state index contributed by atoms with van der Waals surface area (Å²) >= 11 is 0. The molecule has 4 heteroatoms. The molecule has 5 aromatic rings. The summed E-state index contributed by atoms with van der Waals surface area (Å²) in [5, 5.41) is 10.9. The summed E-state index contributed by atoms with van der Waals surface area (Å²) in [7, 11) is 0. The SMILES string of the molecule is CC(C)(C)c1ccc(-c2ccc(C3=NC(=O)c4c(-c5ccc(-c6ccc(C(C)(C)C)cc6)cc5)[nH]c(O)c43)cc2)cc1. The van der Waals surface area contributed by atoms with Crippen molar-refractivity contribution < 1.29 is 9.90 Å². The largest absolute Gasteiger partial charge is 0.494 e. The van der Waals surface area contributed by atoms with Crippen LogP contribution < -0.4 is 0 Å². The summed E-state index contributed by atoms with van der Waals surface area (Å²) in [6.45, 7) is 13.2. The van der Waals surface area contributed by atoms with Gasteiger partial charge in [0.15, 0.2) is 5.88 Å². The van der Waals surface area contributed by atoms with Crippen molar-refractivity contribution in [2.75, 3.05) is 0 Å². The summed E-state index contributed by atoms with van der Waals surface area (Å²) in [5.74, 6) is -0.400. The number of nitrogens with one attached hydrogen (secondary N) is 1. The number of aromatic hydroxyl groups is 1. The first-order chi connectivity index (χ1) is 19.9. The third-order valence-corrected chi connectivity index (χ3v) is 8.14. The number of aromatic amines is 1. The molecule has 1 amide bonds. The van der Waals surface area contributed by atoms with Crippen LogP contribution in [0.3, 0.4) is 0 Å². The van der Waals surface area contributed by atoms with Gasteiger partial charge >= 0.3 is 0 Å². The molecule has 2 heterocycles. The first-order valence-electron chi connectivity index (χ1n) is 14.4.